The number of piperazine rings is 1. The first-order chi connectivity index (χ1) is 15.1. The number of amides is 1. The molecule has 1 heterocycles. The van der Waals surface area contributed by atoms with E-state index >= 15 is 0 Å². The summed E-state index contributed by atoms with van der Waals surface area (Å²) in [4.78, 5) is 17.3. The zero-order valence-electron chi connectivity index (χ0n) is 19.1. The van der Waals surface area contributed by atoms with Gasteiger partial charge in [-0.15, -0.1) is 0 Å². The number of nitrogens with one attached hydrogen (secondary N) is 1. The lowest BCUT2D eigenvalue weighted by Gasteiger charge is -2.37. The topological polar surface area (TPSA) is 73.0 Å². The standard InChI is InChI=1S/C23H31ClN4O3S/c1-17-6-5-7-22(18(17)2)28-14-12-27(13-15-28)11-10-23(29)25-21-16-19(8-9-20(21)24)32(30,31)26(3)4/h5-9,16H,10-15H2,1-4H3,(H,25,29). The molecule has 2 aromatic rings. The number of carbonyl (C=O) groups is 1. The number of aryl methyl sites for hydroxylation is 1. The Labute approximate surface area is 196 Å². The molecule has 1 N–H and O–H groups in total. The Morgan fingerprint density at radius 3 is 2.44 bits per heavy atom. The van der Waals surface area contributed by atoms with Crippen LogP contribution in [0.25, 0.3) is 0 Å². The van der Waals surface area contributed by atoms with Crippen molar-refractivity contribution in [3.8, 4) is 0 Å². The SMILES string of the molecule is Cc1cccc(N2CCN(CCC(=O)Nc3cc(S(=O)(=O)N(C)C)ccc3Cl)CC2)c1C. The molecule has 1 aliphatic rings. The highest BCUT2D eigenvalue weighted by Gasteiger charge is 2.21. The number of benzene rings is 2. The van der Waals surface area contributed by atoms with Gasteiger partial charge in [0.25, 0.3) is 0 Å². The van der Waals surface area contributed by atoms with Gasteiger partial charge in [-0.1, -0.05) is 23.7 Å². The van der Waals surface area contributed by atoms with E-state index in [4.69, 9.17) is 11.6 Å². The highest BCUT2D eigenvalue weighted by atomic mass is 35.5. The average Bonchev–Trinajstić information content (AvgIpc) is 2.76. The van der Waals surface area contributed by atoms with Gasteiger partial charge in [0.15, 0.2) is 0 Å². The van der Waals surface area contributed by atoms with E-state index in [-0.39, 0.29) is 10.8 Å². The van der Waals surface area contributed by atoms with Crippen LogP contribution >= 0.6 is 11.6 Å². The first kappa shape index (κ1) is 24.5. The molecule has 1 amide bonds. The van der Waals surface area contributed by atoms with Crippen LogP contribution in [0.5, 0.6) is 0 Å². The highest BCUT2D eigenvalue weighted by molar-refractivity contribution is 7.89. The van der Waals surface area contributed by atoms with Gasteiger partial charge in [0.05, 0.1) is 15.6 Å². The summed E-state index contributed by atoms with van der Waals surface area (Å²) in [5, 5.41) is 3.06. The van der Waals surface area contributed by atoms with Crippen LogP contribution in [0.4, 0.5) is 11.4 Å². The molecule has 0 bridgehead atoms. The van der Waals surface area contributed by atoms with E-state index < -0.39 is 10.0 Å². The second kappa shape index (κ2) is 10.2. The van der Waals surface area contributed by atoms with Crippen molar-refractivity contribution in [2.75, 3.05) is 57.0 Å². The molecule has 0 spiro atoms. The van der Waals surface area contributed by atoms with Gasteiger partial charge in [-0.2, -0.15) is 0 Å². The molecule has 7 nitrogen and oxygen atoms in total. The Morgan fingerprint density at radius 1 is 1.09 bits per heavy atom. The van der Waals surface area contributed by atoms with E-state index in [1.165, 1.54) is 49.1 Å². The van der Waals surface area contributed by atoms with Crippen LogP contribution in [0.2, 0.25) is 5.02 Å². The van der Waals surface area contributed by atoms with Crippen LogP contribution in [-0.4, -0.2) is 70.3 Å². The third-order valence-electron chi connectivity index (χ3n) is 5.93. The number of sulfonamides is 1. The summed E-state index contributed by atoms with van der Waals surface area (Å²) in [7, 11) is -0.684. The van der Waals surface area contributed by atoms with Gasteiger partial charge >= 0.3 is 0 Å². The Morgan fingerprint density at radius 2 is 1.78 bits per heavy atom. The van der Waals surface area contributed by atoms with Crippen LogP contribution in [-0.2, 0) is 14.8 Å². The third kappa shape index (κ3) is 5.61. The fourth-order valence-electron chi connectivity index (χ4n) is 3.73. The molecular formula is C23H31ClN4O3S. The summed E-state index contributed by atoms with van der Waals surface area (Å²) < 4.78 is 25.8. The zero-order chi connectivity index (χ0) is 23.5. The van der Waals surface area contributed by atoms with E-state index in [1.807, 2.05) is 0 Å². The lowest BCUT2D eigenvalue weighted by atomic mass is 10.1. The summed E-state index contributed by atoms with van der Waals surface area (Å²) in [5.74, 6) is -0.191. The van der Waals surface area contributed by atoms with E-state index in [2.05, 4.69) is 47.2 Å². The van der Waals surface area contributed by atoms with Crippen molar-refractivity contribution in [3.05, 3.63) is 52.5 Å². The van der Waals surface area contributed by atoms with Gasteiger partial charge in [-0.3, -0.25) is 9.69 Å². The van der Waals surface area contributed by atoms with Crippen molar-refractivity contribution >= 4 is 38.9 Å². The van der Waals surface area contributed by atoms with Crippen LogP contribution in [0.3, 0.4) is 0 Å². The second-order valence-corrected chi connectivity index (χ2v) is 10.8. The molecule has 0 aromatic heterocycles. The van der Waals surface area contributed by atoms with Gasteiger partial charge in [0.2, 0.25) is 15.9 Å². The fourth-order valence-corrected chi connectivity index (χ4v) is 4.83. The van der Waals surface area contributed by atoms with Gasteiger partial charge < -0.3 is 10.2 Å². The van der Waals surface area contributed by atoms with Gasteiger partial charge in [-0.25, -0.2) is 12.7 Å². The Balaban J connectivity index is 1.54. The molecule has 32 heavy (non-hydrogen) atoms. The van der Waals surface area contributed by atoms with Gasteiger partial charge in [0.1, 0.15) is 0 Å². The Kier molecular flexibility index (Phi) is 7.82. The third-order valence-corrected chi connectivity index (χ3v) is 8.08. The van der Waals surface area contributed by atoms with Gasteiger partial charge in [-0.05, 0) is 49.2 Å². The number of rotatable bonds is 7. The van der Waals surface area contributed by atoms with Crippen molar-refractivity contribution in [1.82, 2.24) is 9.21 Å². The number of halogens is 1. The number of nitrogens with zero attached hydrogens (tertiary/aromatic N) is 3. The summed E-state index contributed by atoms with van der Waals surface area (Å²) in [6.07, 6.45) is 0.310. The van der Waals surface area contributed by atoms with E-state index in [1.54, 1.807) is 0 Å². The maximum absolute atomic E-state index is 12.5. The zero-order valence-corrected chi connectivity index (χ0v) is 20.6. The predicted octanol–water partition coefficient (Wildman–Crippen LogP) is 3.36. The van der Waals surface area contributed by atoms with E-state index in [0.29, 0.717) is 23.7 Å². The lowest BCUT2D eigenvalue weighted by molar-refractivity contribution is -0.116. The maximum Gasteiger partial charge on any atom is 0.242 e. The smallest absolute Gasteiger partial charge is 0.242 e. The molecule has 1 fully saturated rings. The highest BCUT2D eigenvalue weighted by Crippen LogP contribution is 2.27. The largest absolute Gasteiger partial charge is 0.369 e. The normalized spacial score (nSPS) is 15.2. The average molecular weight is 479 g/mol. The first-order valence-electron chi connectivity index (χ1n) is 10.6. The first-order valence-corrected chi connectivity index (χ1v) is 12.5. The minimum Gasteiger partial charge on any atom is -0.369 e. The van der Waals surface area contributed by atoms with Crippen LogP contribution in [0, 0.1) is 13.8 Å². The molecule has 0 radical (unpaired) electrons. The maximum atomic E-state index is 12.5. The van der Waals surface area contributed by atoms with E-state index in [9.17, 15) is 13.2 Å². The monoisotopic (exact) mass is 478 g/mol. The molecule has 0 saturated carbocycles. The quantitative estimate of drug-likeness (QED) is 0.660. The van der Waals surface area contributed by atoms with Crippen LogP contribution < -0.4 is 10.2 Å². The number of anilines is 2. The predicted molar refractivity (Wildman–Crippen MR) is 130 cm³/mol. The van der Waals surface area contributed by atoms with Crippen molar-refractivity contribution in [3.63, 3.8) is 0 Å². The Bertz CT molecular complexity index is 1080. The molecule has 1 aliphatic heterocycles. The molecule has 0 aliphatic carbocycles. The molecule has 0 atom stereocenters. The van der Waals surface area contributed by atoms with Crippen LogP contribution in [0.1, 0.15) is 17.5 Å². The number of hydrogen-bond donors (Lipinski definition) is 1. The Hall–Kier alpha value is -2.13. The van der Waals surface area contributed by atoms with Crippen molar-refractivity contribution in [1.29, 1.82) is 0 Å². The summed E-state index contributed by atoms with van der Waals surface area (Å²) in [5.41, 5.74) is 4.20. The minimum atomic E-state index is -3.60. The van der Waals surface area contributed by atoms with Crippen molar-refractivity contribution in [2.24, 2.45) is 0 Å². The molecule has 2 aromatic carbocycles. The summed E-state index contributed by atoms with van der Waals surface area (Å²) in [6, 6.07) is 10.7. The lowest BCUT2D eigenvalue weighted by Crippen LogP contribution is -2.47. The van der Waals surface area contributed by atoms with Crippen LogP contribution in [0.15, 0.2) is 41.3 Å². The number of hydrogen-bond acceptors (Lipinski definition) is 5. The number of carbonyl (C=O) groups excluding carboxylic acids is 1. The fraction of sp³-hybridized carbons (Fsp3) is 0.435. The summed E-state index contributed by atoms with van der Waals surface area (Å²) >= 11 is 6.18. The van der Waals surface area contributed by atoms with E-state index in [0.717, 1.165) is 30.5 Å². The molecule has 1 saturated heterocycles. The summed E-state index contributed by atoms with van der Waals surface area (Å²) in [6.45, 7) is 8.54. The molecular weight excluding hydrogens is 448 g/mol. The minimum absolute atomic E-state index is 0.0877. The van der Waals surface area contributed by atoms with Gasteiger partial charge in [0, 0.05) is 58.9 Å². The molecule has 0 unspecified atom stereocenters. The molecule has 9 heteroatoms. The molecule has 174 valence electrons. The second-order valence-electron chi connectivity index (χ2n) is 8.27. The molecule has 3 rings (SSSR count). The van der Waals surface area contributed by atoms with Crippen molar-refractivity contribution in [2.45, 2.75) is 25.2 Å². The van der Waals surface area contributed by atoms with Crippen molar-refractivity contribution < 1.29 is 13.2 Å².